The minimum Gasteiger partial charge on any atom is -0.354 e. The molecular weight excluding hydrogens is 427 g/mol. The maximum absolute atomic E-state index is 14.6. The van der Waals surface area contributed by atoms with Crippen molar-refractivity contribution in [2.45, 2.75) is 51.6 Å². The molecule has 1 N–H and O–H groups in total. The van der Waals surface area contributed by atoms with Gasteiger partial charge in [-0.25, -0.2) is 4.39 Å². The molecule has 178 valence electrons. The van der Waals surface area contributed by atoms with E-state index in [4.69, 9.17) is 0 Å². The van der Waals surface area contributed by atoms with Crippen molar-refractivity contribution in [2.75, 3.05) is 6.54 Å². The van der Waals surface area contributed by atoms with Crippen molar-refractivity contribution in [2.24, 2.45) is 0 Å². The maximum atomic E-state index is 14.6. The Labute approximate surface area is 201 Å². The van der Waals surface area contributed by atoms with Gasteiger partial charge in [0.25, 0.3) is 0 Å². The van der Waals surface area contributed by atoms with Crippen LogP contribution in [0.4, 0.5) is 4.39 Å². The van der Waals surface area contributed by atoms with Crippen LogP contribution in [0.5, 0.6) is 0 Å². The lowest BCUT2D eigenvalue weighted by atomic mass is 10.0. The van der Waals surface area contributed by atoms with Gasteiger partial charge in [0.2, 0.25) is 11.8 Å². The largest absolute Gasteiger partial charge is 0.354 e. The second-order valence-corrected chi connectivity index (χ2v) is 8.45. The number of rotatable bonds is 12. The second-order valence-electron chi connectivity index (χ2n) is 8.45. The number of hydrogen-bond acceptors (Lipinski definition) is 2. The Bertz CT molecular complexity index is 1040. The summed E-state index contributed by atoms with van der Waals surface area (Å²) in [4.78, 5) is 28.4. The van der Waals surface area contributed by atoms with E-state index >= 15 is 0 Å². The molecule has 0 spiro atoms. The monoisotopic (exact) mass is 460 g/mol. The molecule has 0 unspecified atom stereocenters. The summed E-state index contributed by atoms with van der Waals surface area (Å²) in [6.45, 7) is 2.65. The molecule has 0 aliphatic rings. The SMILES string of the molecule is CCCCNC(=O)[C@H](Cc1ccccc1)N(Cc1ccccc1F)C(=O)CCc1ccccc1. The van der Waals surface area contributed by atoms with Crippen LogP contribution < -0.4 is 5.32 Å². The Hall–Kier alpha value is -3.47. The number of nitrogens with one attached hydrogen (secondary N) is 1. The van der Waals surface area contributed by atoms with E-state index in [1.807, 2.05) is 60.7 Å². The zero-order valence-corrected chi connectivity index (χ0v) is 19.8. The van der Waals surface area contributed by atoms with Crippen LogP contribution in [-0.4, -0.2) is 29.3 Å². The van der Waals surface area contributed by atoms with E-state index < -0.39 is 6.04 Å². The summed E-state index contributed by atoms with van der Waals surface area (Å²) in [6.07, 6.45) is 2.98. The molecule has 0 aromatic heterocycles. The number of carbonyl (C=O) groups excluding carboxylic acids is 2. The summed E-state index contributed by atoms with van der Waals surface area (Å²) >= 11 is 0. The van der Waals surface area contributed by atoms with E-state index in [-0.39, 0.29) is 30.6 Å². The van der Waals surface area contributed by atoms with Gasteiger partial charge in [0.05, 0.1) is 0 Å². The lowest BCUT2D eigenvalue weighted by molar-refractivity contribution is -0.141. The van der Waals surface area contributed by atoms with Crippen molar-refractivity contribution in [3.63, 3.8) is 0 Å². The molecule has 3 aromatic carbocycles. The van der Waals surface area contributed by atoms with E-state index in [1.165, 1.54) is 6.07 Å². The lowest BCUT2D eigenvalue weighted by Gasteiger charge is -2.32. The van der Waals surface area contributed by atoms with Crippen LogP contribution in [0.1, 0.15) is 42.9 Å². The van der Waals surface area contributed by atoms with E-state index in [2.05, 4.69) is 12.2 Å². The van der Waals surface area contributed by atoms with Gasteiger partial charge >= 0.3 is 0 Å². The highest BCUT2D eigenvalue weighted by Gasteiger charge is 2.30. The predicted molar refractivity (Wildman–Crippen MR) is 134 cm³/mol. The first-order valence-electron chi connectivity index (χ1n) is 12.0. The van der Waals surface area contributed by atoms with E-state index in [0.717, 1.165) is 24.0 Å². The summed E-state index contributed by atoms with van der Waals surface area (Å²) in [5.74, 6) is -0.756. The highest BCUT2D eigenvalue weighted by atomic mass is 19.1. The first kappa shape index (κ1) is 25.2. The molecule has 1 atom stereocenters. The average Bonchev–Trinajstić information content (AvgIpc) is 2.87. The molecule has 3 aromatic rings. The molecule has 0 heterocycles. The fourth-order valence-electron chi connectivity index (χ4n) is 3.91. The van der Waals surface area contributed by atoms with Crippen LogP contribution in [-0.2, 0) is 29.0 Å². The van der Waals surface area contributed by atoms with Crippen molar-refractivity contribution >= 4 is 11.8 Å². The Balaban J connectivity index is 1.89. The fraction of sp³-hybridized carbons (Fsp3) is 0.310. The number of aryl methyl sites for hydroxylation is 1. The fourth-order valence-corrected chi connectivity index (χ4v) is 3.91. The van der Waals surface area contributed by atoms with Crippen LogP contribution in [0.3, 0.4) is 0 Å². The van der Waals surface area contributed by atoms with Gasteiger partial charge in [-0.05, 0) is 30.0 Å². The van der Waals surface area contributed by atoms with Gasteiger partial charge in [0.1, 0.15) is 11.9 Å². The van der Waals surface area contributed by atoms with Crippen molar-refractivity contribution in [3.05, 3.63) is 107 Å². The number of amides is 2. The Morgan fingerprint density at radius 3 is 2.15 bits per heavy atom. The van der Waals surface area contributed by atoms with Gasteiger partial charge in [0.15, 0.2) is 0 Å². The van der Waals surface area contributed by atoms with Crippen LogP contribution in [0.15, 0.2) is 84.9 Å². The molecule has 4 nitrogen and oxygen atoms in total. The minimum atomic E-state index is -0.734. The van der Waals surface area contributed by atoms with Crippen LogP contribution in [0, 0.1) is 5.82 Å². The summed E-state index contributed by atoms with van der Waals surface area (Å²) in [5.41, 5.74) is 2.40. The highest BCUT2D eigenvalue weighted by molar-refractivity contribution is 5.88. The van der Waals surface area contributed by atoms with Gasteiger partial charge in [0, 0.05) is 31.5 Å². The van der Waals surface area contributed by atoms with Crippen molar-refractivity contribution < 1.29 is 14.0 Å². The number of carbonyl (C=O) groups is 2. The van der Waals surface area contributed by atoms with Crippen molar-refractivity contribution in [1.82, 2.24) is 10.2 Å². The Kier molecular flexibility index (Phi) is 9.83. The van der Waals surface area contributed by atoms with Crippen LogP contribution in [0.2, 0.25) is 0 Å². The third-order valence-electron chi connectivity index (χ3n) is 5.87. The molecule has 0 saturated heterocycles. The first-order chi connectivity index (χ1) is 16.6. The van der Waals surface area contributed by atoms with Crippen LogP contribution >= 0.6 is 0 Å². The maximum Gasteiger partial charge on any atom is 0.243 e. The zero-order chi connectivity index (χ0) is 24.2. The lowest BCUT2D eigenvalue weighted by Crippen LogP contribution is -2.50. The molecule has 2 amide bonds. The molecule has 0 aliphatic heterocycles. The predicted octanol–water partition coefficient (Wildman–Crippen LogP) is 5.31. The molecule has 34 heavy (non-hydrogen) atoms. The molecule has 3 rings (SSSR count). The number of benzene rings is 3. The summed E-state index contributed by atoms with van der Waals surface area (Å²) in [6, 6.07) is 25.1. The van der Waals surface area contributed by atoms with Crippen molar-refractivity contribution in [3.8, 4) is 0 Å². The minimum absolute atomic E-state index is 0.0407. The zero-order valence-electron chi connectivity index (χ0n) is 19.8. The van der Waals surface area contributed by atoms with Gasteiger partial charge in [-0.3, -0.25) is 9.59 Å². The standard InChI is InChI=1S/C29H33FN2O2/c1-2-3-20-31-29(34)27(21-24-14-8-5-9-15-24)32(22-25-16-10-11-17-26(25)30)28(33)19-18-23-12-6-4-7-13-23/h4-17,27H,2-3,18-22H2,1H3,(H,31,34)/t27-/m0/s1. The second kappa shape index (κ2) is 13.3. The number of halogens is 1. The molecule has 5 heteroatoms. The quantitative estimate of drug-likeness (QED) is 0.372. The summed E-state index contributed by atoms with van der Waals surface area (Å²) in [7, 11) is 0. The Morgan fingerprint density at radius 1 is 0.882 bits per heavy atom. The number of unbranched alkanes of at least 4 members (excludes halogenated alkanes) is 1. The van der Waals surface area contributed by atoms with Crippen LogP contribution in [0.25, 0.3) is 0 Å². The van der Waals surface area contributed by atoms with Gasteiger partial charge in [-0.15, -0.1) is 0 Å². The molecule has 0 radical (unpaired) electrons. The normalized spacial score (nSPS) is 11.6. The number of hydrogen-bond donors (Lipinski definition) is 1. The van der Waals surface area contributed by atoms with E-state index in [9.17, 15) is 14.0 Å². The molecule has 0 fully saturated rings. The third-order valence-corrected chi connectivity index (χ3v) is 5.87. The number of nitrogens with zero attached hydrogens (tertiary/aromatic N) is 1. The molecule has 0 saturated carbocycles. The van der Waals surface area contributed by atoms with Gasteiger partial charge in [-0.2, -0.15) is 0 Å². The van der Waals surface area contributed by atoms with Crippen molar-refractivity contribution in [1.29, 1.82) is 0 Å². The summed E-state index contributed by atoms with van der Waals surface area (Å²) < 4.78 is 14.6. The first-order valence-corrected chi connectivity index (χ1v) is 12.0. The average molecular weight is 461 g/mol. The molecule has 0 bridgehead atoms. The van der Waals surface area contributed by atoms with E-state index in [1.54, 1.807) is 23.1 Å². The third kappa shape index (κ3) is 7.55. The topological polar surface area (TPSA) is 49.4 Å². The molecular formula is C29H33FN2O2. The van der Waals surface area contributed by atoms with Gasteiger partial charge in [-0.1, -0.05) is 92.2 Å². The highest BCUT2D eigenvalue weighted by Crippen LogP contribution is 2.18. The molecule has 0 aliphatic carbocycles. The smallest absolute Gasteiger partial charge is 0.243 e. The Morgan fingerprint density at radius 2 is 1.50 bits per heavy atom. The van der Waals surface area contributed by atoms with Gasteiger partial charge < -0.3 is 10.2 Å². The van der Waals surface area contributed by atoms with E-state index in [0.29, 0.717) is 24.9 Å². The summed E-state index contributed by atoms with van der Waals surface area (Å²) in [5, 5.41) is 2.99.